The SMILES string of the molecule is CC1(C)CCC[C@@]2(C)[C@H]3CC[C@](C)([C@H]4CO4)O[C@@]3(C)CC[C@@H]12. The topological polar surface area (TPSA) is 21.8 Å². The van der Waals surface area contributed by atoms with Gasteiger partial charge in [-0.15, -0.1) is 0 Å². The molecule has 0 N–H and O–H groups in total. The Morgan fingerprint density at radius 3 is 2.09 bits per heavy atom. The molecule has 2 aliphatic carbocycles. The Morgan fingerprint density at radius 1 is 0.773 bits per heavy atom. The summed E-state index contributed by atoms with van der Waals surface area (Å²) in [6.45, 7) is 13.3. The van der Waals surface area contributed by atoms with Gasteiger partial charge in [0.25, 0.3) is 0 Å². The third-order valence-electron chi connectivity index (χ3n) is 8.15. The van der Waals surface area contributed by atoms with E-state index < -0.39 is 0 Å². The number of epoxide rings is 1. The summed E-state index contributed by atoms with van der Waals surface area (Å²) in [5.74, 6) is 1.60. The summed E-state index contributed by atoms with van der Waals surface area (Å²) in [7, 11) is 0. The predicted octanol–water partition coefficient (Wildman–Crippen LogP) is 4.96. The van der Waals surface area contributed by atoms with Gasteiger partial charge in [0.2, 0.25) is 0 Å². The Labute approximate surface area is 136 Å². The van der Waals surface area contributed by atoms with Gasteiger partial charge in [0.05, 0.1) is 17.8 Å². The van der Waals surface area contributed by atoms with E-state index in [1.54, 1.807) is 0 Å². The van der Waals surface area contributed by atoms with E-state index in [2.05, 4.69) is 34.6 Å². The van der Waals surface area contributed by atoms with Crippen molar-refractivity contribution in [3.8, 4) is 0 Å². The zero-order valence-electron chi connectivity index (χ0n) is 15.2. The molecule has 2 heteroatoms. The molecule has 2 heterocycles. The van der Waals surface area contributed by atoms with Crippen LogP contribution in [-0.4, -0.2) is 23.9 Å². The molecule has 0 unspecified atom stereocenters. The van der Waals surface area contributed by atoms with E-state index in [1.165, 1.54) is 44.9 Å². The van der Waals surface area contributed by atoms with E-state index in [0.717, 1.165) is 18.4 Å². The lowest BCUT2D eigenvalue weighted by Gasteiger charge is -2.65. The lowest BCUT2D eigenvalue weighted by molar-refractivity contribution is -0.269. The van der Waals surface area contributed by atoms with Crippen molar-refractivity contribution in [1.82, 2.24) is 0 Å². The Balaban J connectivity index is 1.65. The zero-order chi connectivity index (χ0) is 15.8. The highest BCUT2D eigenvalue weighted by molar-refractivity contribution is 5.12. The van der Waals surface area contributed by atoms with Crippen LogP contribution >= 0.6 is 0 Å². The summed E-state index contributed by atoms with van der Waals surface area (Å²) >= 11 is 0. The lowest BCUT2D eigenvalue weighted by Crippen LogP contribution is -2.63. The summed E-state index contributed by atoms with van der Waals surface area (Å²) in [5, 5.41) is 0. The number of hydrogen-bond donors (Lipinski definition) is 0. The van der Waals surface area contributed by atoms with E-state index in [4.69, 9.17) is 9.47 Å². The molecule has 2 saturated heterocycles. The molecule has 0 amide bonds. The van der Waals surface area contributed by atoms with Gasteiger partial charge < -0.3 is 9.47 Å². The molecule has 6 atom stereocenters. The summed E-state index contributed by atoms with van der Waals surface area (Å²) in [4.78, 5) is 0. The average Bonchev–Trinajstić information content (AvgIpc) is 3.20. The second-order valence-corrected chi connectivity index (χ2v) is 10.1. The van der Waals surface area contributed by atoms with Gasteiger partial charge in [-0.3, -0.25) is 0 Å². The van der Waals surface area contributed by atoms with Gasteiger partial charge in [-0.25, -0.2) is 0 Å². The maximum absolute atomic E-state index is 6.85. The fourth-order valence-corrected chi connectivity index (χ4v) is 7.01. The normalized spacial score (nSPS) is 56.9. The number of rotatable bonds is 1. The Morgan fingerprint density at radius 2 is 1.41 bits per heavy atom. The van der Waals surface area contributed by atoms with Crippen LogP contribution < -0.4 is 0 Å². The summed E-state index contributed by atoms with van der Waals surface area (Å²) < 4.78 is 12.5. The van der Waals surface area contributed by atoms with Gasteiger partial charge in [0, 0.05) is 0 Å². The van der Waals surface area contributed by atoms with Crippen molar-refractivity contribution in [2.24, 2.45) is 22.7 Å². The second kappa shape index (κ2) is 4.51. The standard InChI is InChI=1S/C20H34O2/c1-17(2)9-6-10-18(3)14(17)7-11-19(4)15(18)8-12-20(5,22-19)16-13-21-16/h14-16H,6-13H2,1-5H3/t14-,15+,16+,18+,19-,20+/m0/s1. The van der Waals surface area contributed by atoms with Crippen LogP contribution in [0.4, 0.5) is 0 Å². The van der Waals surface area contributed by atoms with Crippen LogP contribution in [0.3, 0.4) is 0 Å². The number of fused-ring (bicyclic) bond motifs is 3. The van der Waals surface area contributed by atoms with Crippen LogP contribution in [0.15, 0.2) is 0 Å². The molecule has 4 fully saturated rings. The van der Waals surface area contributed by atoms with Crippen molar-refractivity contribution in [2.45, 2.75) is 96.9 Å². The zero-order valence-corrected chi connectivity index (χ0v) is 15.2. The van der Waals surface area contributed by atoms with Crippen molar-refractivity contribution < 1.29 is 9.47 Å². The molecule has 4 aliphatic rings. The number of hydrogen-bond acceptors (Lipinski definition) is 2. The molecule has 126 valence electrons. The van der Waals surface area contributed by atoms with Gasteiger partial charge in [0.15, 0.2) is 0 Å². The van der Waals surface area contributed by atoms with Crippen LogP contribution in [0.5, 0.6) is 0 Å². The molecule has 0 spiro atoms. The first-order chi connectivity index (χ1) is 10.2. The molecule has 22 heavy (non-hydrogen) atoms. The van der Waals surface area contributed by atoms with Crippen molar-refractivity contribution in [2.75, 3.05) is 6.61 Å². The summed E-state index contributed by atoms with van der Waals surface area (Å²) in [6.07, 6.45) is 9.67. The van der Waals surface area contributed by atoms with E-state index in [-0.39, 0.29) is 11.2 Å². The molecular formula is C20H34O2. The summed E-state index contributed by atoms with van der Waals surface area (Å²) in [6, 6.07) is 0. The maximum Gasteiger partial charge on any atom is 0.110 e. The molecule has 2 saturated carbocycles. The van der Waals surface area contributed by atoms with Crippen LogP contribution in [0.2, 0.25) is 0 Å². The van der Waals surface area contributed by atoms with Gasteiger partial charge in [-0.05, 0) is 75.0 Å². The van der Waals surface area contributed by atoms with Crippen LogP contribution in [0.1, 0.15) is 79.6 Å². The monoisotopic (exact) mass is 306 g/mol. The molecule has 0 radical (unpaired) electrons. The minimum absolute atomic E-state index is 0.0291. The van der Waals surface area contributed by atoms with Crippen LogP contribution in [-0.2, 0) is 9.47 Å². The highest BCUT2D eigenvalue weighted by atomic mass is 16.6. The number of ether oxygens (including phenoxy) is 2. The first kappa shape index (κ1) is 15.4. The molecule has 0 bridgehead atoms. The lowest BCUT2D eigenvalue weighted by atomic mass is 9.44. The molecule has 0 aromatic rings. The average molecular weight is 306 g/mol. The van der Waals surface area contributed by atoms with E-state index in [1.807, 2.05) is 0 Å². The Kier molecular flexibility index (Phi) is 3.16. The van der Waals surface area contributed by atoms with Crippen LogP contribution in [0.25, 0.3) is 0 Å². The largest absolute Gasteiger partial charge is 0.370 e. The Hall–Kier alpha value is -0.0800. The maximum atomic E-state index is 6.85. The molecular weight excluding hydrogens is 272 g/mol. The summed E-state index contributed by atoms with van der Waals surface area (Å²) in [5.41, 5.74) is 1.02. The molecule has 0 aromatic carbocycles. The van der Waals surface area contributed by atoms with E-state index in [0.29, 0.717) is 16.9 Å². The fourth-order valence-electron chi connectivity index (χ4n) is 7.01. The third-order valence-corrected chi connectivity index (χ3v) is 8.15. The first-order valence-electron chi connectivity index (χ1n) is 9.51. The predicted molar refractivity (Wildman–Crippen MR) is 88.8 cm³/mol. The van der Waals surface area contributed by atoms with Crippen molar-refractivity contribution in [3.05, 3.63) is 0 Å². The molecule has 0 aromatic heterocycles. The van der Waals surface area contributed by atoms with Gasteiger partial charge >= 0.3 is 0 Å². The molecule has 2 nitrogen and oxygen atoms in total. The van der Waals surface area contributed by atoms with E-state index in [9.17, 15) is 0 Å². The van der Waals surface area contributed by atoms with Crippen molar-refractivity contribution in [1.29, 1.82) is 0 Å². The van der Waals surface area contributed by atoms with Crippen molar-refractivity contribution >= 4 is 0 Å². The molecule has 4 rings (SSSR count). The van der Waals surface area contributed by atoms with Gasteiger partial charge in [-0.2, -0.15) is 0 Å². The van der Waals surface area contributed by atoms with Gasteiger partial charge in [-0.1, -0.05) is 27.2 Å². The Bertz CT molecular complexity index is 468. The minimum Gasteiger partial charge on any atom is -0.370 e. The quantitative estimate of drug-likeness (QED) is 0.639. The highest BCUT2D eigenvalue weighted by Crippen LogP contribution is 2.66. The minimum atomic E-state index is -0.0291. The van der Waals surface area contributed by atoms with Gasteiger partial charge in [0.1, 0.15) is 6.10 Å². The van der Waals surface area contributed by atoms with E-state index >= 15 is 0 Å². The van der Waals surface area contributed by atoms with Crippen LogP contribution in [0, 0.1) is 22.7 Å². The fraction of sp³-hybridized carbons (Fsp3) is 1.00. The molecule has 2 aliphatic heterocycles. The van der Waals surface area contributed by atoms with Crippen molar-refractivity contribution in [3.63, 3.8) is 0 Å². The second-order valence-electron chi connectivity index (χ2n) is 10.1. The third kappa shape index (κ3) is 2.05. The smallest absolute Gasteiger partial charge is 0.110 e. The first-order valence-corrected chi connectivity index (χ1v) is 9.51. The highest BCUT2D eigenvalue weighted by Gasteiger charge is 2.63.